The Hall–Kier alpha value is 0.125. The summed E-state index contributed by atoms with van der Waals surface area (Å²) in [6.07, 6.45) is 0. The largest absolute Gasteiger partial charge is 1.00 e. The molecule has 3 nitrogen and oxygen atoms in total. The first-order valence-corrected chi connectivity index (χ1v) is 7.05. The summed E-state index contributed by atoms with van der Waals surface area (Å²) in [5, 5.41) is 1.23. The maximum absolute atomic E-state index is 5.91. The topological polar surface area (TPSA) is 27.7 Å². The first-order valence-electron chi connectivity index (χ1n) is 6.24. The summed E-state index contributed by atoms with van der Waals surface area (Å²) < 4.78 is 20.1. The summed E-state index contributed by atoms with van der Waals surface area (Å²) in [6, 6.07) is 10.5. The first-order chi connectivity index (χ1) is 8.69. The molecule has 0 unspecified atom stereocenters. The van der Waals surface area contributed by atoms with Gasteiger partial charge in [-0.15, -0.1) is 0 Å². The number of rotatable bonds is 1. The van der Waals surface area contributed by atoms with Gasteiger partial charge >= 0.3 is 36.3 Å². The summed E-state index contributed by atoms with van der Waals surface area (Å²) in [5.74, 6) is 0. The van der Waals surface area contributed by atoms with Gasteiger partial charge in [-0.3, -0.25) is 0 Å². The van der Waals surface area contributed by atoms with E-state index in [0.29, 0.717) is 0 Å². The zero-order valence-electron chi connectivity index (χ0n) is 11.2. The van der Waals surface area contributed by atoms with E-state index in [9.17, 15) is 0 Å². The molecule has 2 bridgehead atoms. The van der Waals surface area contributed by atoms with Crippen LogP contribution in [0.15, 0.2) is 30.3 Å². The normalized spacial score (nSPS) is 33.3. The van der Waals surface area contributed by atoms with Crippen LogP contribution in [0.5, 0.6) is 0 Å². The van der Waals surface area contributed by atoms with Gasteiger partial charge in [0.2, 0.25) is 0 Å². The van der Waals surface area contributed by atoms with Crippen molar-refractivity contribution in [2.24, 2.45) is 5.41 Å². The van der Waals surface area contributed by atoms with E-state index in [1.807, 2.05) is 6.07 Å². The minimum Gasteiger partial charge on any atom is -0.540 e. The van der Waals surface area contributed by atoms with E-state index in [0.717, 1.165) is 24.6 Å². The molecule has 6 heteroatoms. The molecule has 94 valence electrons. The maximum atomic E-state index is 5.91. The Morgan fingerprint density at radius 1 is 1.11 bits per heavy atom. The maximum Gasteiger partial charge on any atom is 1.00 e. The molecular formula is C13H14BNaO3S. The van der Waals surface area contributed by atoms with Crippen LogP contribution in [0.4, 0.5) is 0 Å². The predicted molar refractivity (Wildman–Crippen MR) is 73.2 cm³/mol. The summed E-state index contributed by atoms with van der Waals surface area (Å²) in [6.45, 7) is 2.62. The minimum atomic E-state index is -1.69. The molecule has 0 amide bonds. The number of thiophene rings is 1. The van der Waals surface area contributed by atoms with Gasteiger partial charge in [-0.1, -0.05) is 36.0 Å². The van der Waals surface area contributed by atoms with E-state index in [1.165, 1.54) is 10.1 Å². The van der Waals surface area contributed by atoms with Crippen LogP contribution in [0.1, 0.15) is 6.92 Å². The fourth-order valence-electron chi connectivity index (χ4n) is 2.63. The third kappa shape index (κ3) is 2.22. The van der Waals surface area contributed by atoms with E-state index in [1.54, 1.807) is 11.3 Å². The molecular weight excluding hydrogens is 270 g/mol. The van der Waals surface area contributed by atoms with Crippen molar-refractivity contribution in [3.8, 4) is 0 Å². The van der Waals surface area contributed by atoms with Crippen LogP contribution >= 0.6 is 11.3 Å². The van der Waals surface area contributed by atoms with Gasteiger partial charge in [0.15, 0.2) is 0 Å². The van der Waals surface area contributed by atoms with Gasteiger partial charge in [0.05, 0.1) is 0 Å². The van der Waals surface area contributed by atoms with Gasteiger partial charge in [0.25, 0.3) is 0 Å². The Bertz CT molecular complexity index is 557. The molecule has 1 aromatic carbocycles. The van der Waals surface area contributed by atoms with E-state index in [-0.39, 0.29) is 35.0 Å². The summed E-state index contributed by atoms with van der Waals surface area (Å²) in [4.78, 5) is 0. The van der Waals surface area contributed by atoms with Gasteiger partial charge in [-0.25, -0.2) is 0 Å². The van der Waals surface area contributed by atoms with Crippen LogP contribution in [-0.2, 0) is 14.0 Å². The molecule has 19 heavy (non-hydrogen) atoms. The molecule has 0 spiro atoms. The number of hydrogen-bond donors (Lipinski definition) is 0. The van der Waals surface area contributed by atoms with Gasteiger partial charge in [-0.05, 0) is 11.5 Å². The molecule has 4 heterocycles. The second-order valence-corrected chi connectivity index (χ2v) is 6.69. The molecule has 3 saturated heterocycles. The van der Waals surface area contributed by atoms with Crippen molar-refractivity contribution in [1.82, 2.24) is 0 Å². The average Bonchev–Trinajstić information content (AvgIpc) is 2.84. The minimum absolute atomic E-state index is 0. The van der Waals surface area contributed by atoms with Crippen molar-refractivity contribution in [2.45, 2.75) is 6.92 Å². The molecule has 1 aromatic heterocycles. The fourth-order valence-corrected chi connectivity index (χ4v) is 3.80. The number of benzene rings is 1. The van der Waals surface area contributed by atoms with Gasteiger partial charge in [-0.2, -0.15) is 11.3 Å². The Balaban J connectivity index is 0.00000110. The third-order valence-electron chi connectivity index (χ3n) is 3.75. The van der Waals surface area contributed by atoms with Crippen molar-refractivity contribution in [1.29, 1.82) is 0 Å². The summed E-state index contributed by atoms with van der Waals surface area (Å²) in [7, 11) is 0. The van der Waals surface area contributed by atoms with Crippen LogP contribution in [0.3, 0.4) is 0 Å². The zero-order chi connectivity index (χ0) is 12.2. The van der Waals surface area contributed by atoms with Crippen LogP contribution in [0.2, 0.25) is 0 Å². The van der Waals surface area contributed by atoms with Gasteiger partial charge in [0.1, 0.15) is 0 Å². The van der Waals surface area contributed by atoms with Crippen molar-refractivity contribution in [3.63, 3.8) is 0 Å². The Labute approximate surface area is 138 Å². The molecule has 0 atom stereocenters. The molecule has 3 aliphatic rings. The molecule has 3 fully saturated rings. The Morgan fingerprint density at radius 3 is 2.37 bits per heavy atom. The van der Waals surface area contributed by atoms with E-state index in [2.05, 4.69) is 31.2 Å². The molecule has 0 saturated carbocycles. The van der Waals surface area contributed by atoms with Crippen LogP contribution in [-0.4, -0.2) is 26.6 Å². The standard InChI is InChI=1S/C13H14BO3S.Na/c1-13-7-15-14(16-8-13,17-9-13)12-6-10-4-2-3-5-11(10)18-12;/h2-6H,7-9H2,1H3;/q-1;+1. The molecule has 5 rings (SSSR count). The second-order valence-electron chi connectivity index (χ2n) is 5.57. The number of hydrogen-bond acceptors (Lipinski definition) is 4. The molecule has 0 N–H and O–H groups in total. The Kier molecular flexibility index (Phi) is 3.59. The van der Waals surface area contributed by atoms with Crippen LogP contribution in [0.25, 0.3) is 10.1 Å². The van der Waals surface area contributed by atoms with Crippen molar-refractivity contribution in [3.05, 3.63) is 30.3 Å². The molecule has 2 aromatic rings. The van der Waals surface area contributed by atoms with E-state index in [4.69, 9.17) is 14.0 Å². The molecule has 3 aliphatic heterocycles. The van der Waals surface area contributed by atoms with Crippen molar-refractivity contribution >= 4 is 33.0 Å². The van der Waals surface area contributed by atoms with E-state index < -0.39 is 6.75 Å². The van der Waals surface area contributed by atoms with Gasteiger partial charge in [0, 0.05) is 29.9 Å². The average molecular weight is 284 g/mol. The number of fused-ring (bicyclic) bond motifs is 4. The predicted octanol–water partition coefficient (Wildman–Crippen LogP) is -0.865. The van der Waals surface area contributed by atoms with Gasteiger partial charge < -0.3 is 14.0 Å². The quantitative estimate of drug-likeness (QED) is 0.638. The Morgan fingerprint density at radius 2 is 1.74 bits per heavy atom. The summed E-state index contributed by atoms with van der Waals surface area (Å²) in [5.41, 5.74) is 0.0280. The SMILES string of the molecule is CC12CO[B-](c3cc4ccccc4s3)(OC1)OC2.[Na+]. The zero-order valence-corrected chi connectivity index (χ0v) is 14.0. The smallest absolute Gasteiger partial charge is 0.540 e. The third-order valence-corrected chi connectivity index (χ3v) is 4.98. The summed E-state index contributed by atoms with van der Waals surface area (Å²) >= 11 is 1.70. The first kappa shape index (κ1) is 14.1. The van der Waals surface area contributed by atoms with Crippen molar-refractivity contribution in [2.75, 3.05) is 19.8 Å². The van der Waals surface area contributed by atoms with Crippen LogP contribution in [0, 0.1) is 5.41 Å². The second kappa shape index (κ2) is 4.84. The molecule has 0 radical (unpaired) electrons. The molecule has 0 aliphatic carbocycles. The van der Waals surface area contributed by atoms with Crippen LogP contribution < -0.4 is 34.3 Å². The van der Waals surface area contributed by atoms with E-state index >= 15 is 0 Å². The monoisotopic (exact) mass is 284 g/mol. The fraction of sp³-hybridized carbons (Fsp3) is 0.385. The van der Waals surface area contributed by atoms with Crippen molar-refractivity contribution < 1.29 is 43.5 Å².